The number of amides is 2. The van der Waals surface area contributed by atoms with Crippen molar-refractivity contribution in [3.8, 4) is 5.75 Å². The van der Waals surface area contributed by atoms with E-state index in [1.807, 2.05) is 0 Å². The van der Waals surface area contributed by atoms with Crippen molar-refractivity contribution in [2.75, 3.05) is 25.5 Å². The van der Waals surface area contributed by atoms with Crippen molar-refractivity contribution in [1.82, 2.24) is 5.32 Å². The van der Waals surface area contributed by atoms with Crippen LogP contribution < -0.4 is 21.1 Å². The summed E-state index contributed by atoms with van der Waals surface area (Å²) in [4.78, 5) is 22.4. The van der Waals surface area contributed by atoms with Gasteiger partial charge in [0.05, 0.1) is 0 Å². The van der Waals surface area contributed by atoms with Gasteiger partial charge < -0.3 is 21.1 Å². The van der Waals surface area contributed by atoms with Crippen molar-refractivity contribution in [2.24, 2.45) is 5.73 Å². The first kappa shape index (κ1) is 14.0. The molecule has 18 heavy (non-hydrogen) atoms. The summed E-state index contributed by atoms with van der Waals surface area (Å²) in [6.45, 7) is 0.245. The molecular formula is C12H17N3O3. The fourth-order valence-electron chi connectivity index (χ4n) is 1.24. The number of hydrogen-bond acceptors (Lipinski definition) is 4. The van der Waals surface area contributed by atoms with Crippen LogP contribution in [0.15, 0.2) is 24.3 Å². The van der Waals surface area contributed by atoms with Crippen LogP contribution in [0.5, 0.6) is 5.75 Å². The average molecular weight is 251 g/mol. The predicted molar refractivity (Wildman–Crippen MR) is 68.3 cm³/mol. The van der Waals surface area contributed by atoms with Crippen molar-refractivity contribution in [3.63, 3.8) is 0 Å². The highest BCUT2D eigenvalue weighted by Gasteiger charge is 2.03. The van der Waals surface area contributed by atoms with Gasteiger partial charge >= 0.3 is 0 Å². The standard InChI is InChI=1S/C12H17N3O3/c1-14-12(17)8-18-10-4-2-3-9(7-10)15-11(16)5-6-13/h2-4,7H,5-6,8,13H2,1H3,(H,14,17)(H,15,16). The average Bonchev–Trinajstić information content (AvgIpc) is 2.36. The Morgan fingerprint density at radius 3 is 2.78 bits per heavy atom. The smallest absolute Gasteiger partial charge is 0.257 e. The maximum absolute atomic E-state index is 11.3. The van der Waals surface area contributed by atoms with E-state index in [0.29, 0.717) is 18.0 Å². The molecule has 0 unspecified atom stereocenters. The van der Waals surface area contributed by atoms with E-state index >= 15 is 0 Å². The van der Waals surface area contributed by atoms with Crippen LogP contribution >= 0.6 is 0 Å². The highest BCUT2D eigenvalue weighted by molar-refractivity contribution is 5.91. The van der Waals surface area contributed by atoms with Gasteiger partial charge in [-0.05, 0) is 12.1 Å². The molecule has 1 rings (SSSR count). The van der Waals surface area contributed by atoms with Gasteiger partial charge in [0.15, 0.2) is 6.61 Å². The molecule has 0 heterocycles. The molecular weight excluding hydrogens is 234 g/mol. The van der Waals surface area contributed by atoms with Crippen molar-refractivity contribution >= 4 is 17.5 Å². The second kappa shape index (κ2) is 7.29. The highest BCUT2D eigenvalue weighted by Crippen LogP contribution is 2.17. The van der Waals surface area contributed by atoms with Gasteiger partial charge in [0, 0.05) is 31.8 Å². The van der Waals surface area contributed by atoms with Crippen LogP contribution in [-0.4, -0.2) is 32.0 Å². The van der Waals surface area contributed by atoms with Gasteiger partial charge in [-0.25, -0.2) is 0 Å². The molecule has 0 aromatic heterocycles. The molecule has 4 N–H and O–H groups in total. The number of rotatable bonds is 6. The molecule has 0 fully saturated rings. The monoisotopic (exact) mass is 251 g/mol. The minimum absolute atomic E-state index is 0.0588. The van der Waals surface area contributed by atoms with Gasteiger partial charge in [-0.1, -0.05) is 6.07 Å². The summed E-state index contributed by atoms with van der Waals surface area (Å²) in [5.41, 5.74) is 5.89. The molecule has 0 bridgehead atoms. The second-order valence-corrected chi connectivity index (χ2v) is 3.58. The van der Waals surface area contributed by atoms with Gasteiger partial charge in [0.2, 0.25) is 5.91 Å². The second-order valence-electron chi connectivity index (χ2n) is 3.58. The third kappa shape index (κ3) is 4.84. The first-order valence-electron chi connectivity index (χ1n) is 5.59. The summed E-state index contributed by atoms with van der Waals surface area (Å²) in [6.07, 6.45) is 0.267. The minimum atomic E-state index is -0.215. The van der Waals surface area contributed by atoms with E-state index in [1.165, 1.54) is 7.05 Å². The largest absolute Gasteiger partial charge is 0.484 e. The molecule has 0 aliphatic heterocycles. The minimum Gasteiger partial charge on any atom is -0.484 e. The molecule has 0 aliphatic carbocycles. The molecule has 6 nitrogen and oxygen atoms in total. The van der Waals surface area contributed by atoms with Gasteiger partial charge in [-0.3, -0.25) is 9.59 Å². The predicted octanol–water partition coefficient (Wildman–Crippen LogP) is 0.0987. The number of carbonyl (C=O) groups excluding carboxylic acids is 2. The Morgan fingerprint density at radius 2 is 2.11 bits per heavy atom. The lowest BCUT2D eigenvalue weighted by Gasteiger charge is -2.08. The Kier molecular flexibility index (Phi) is 5.66. The quantitative estimate of drug-likeness (QED) is 0.668. The van der Waals surface area contributed by atoms with Crippen LogP contribution in [-0.2, 0) is 9.59 Å². The lowest BCUT2D eigenvalue weighted by molar-refractivity contribution is -0.122. The summed E-state index contributed by atoms with van der Waals surface area (Å²) < 4.78 is 5.25. The highest BCUT2D eigenvalue weighted by atomic mass is 16.5. The number of benzene rings is 1. The van der Waals surface area contributed by atoms with Crippen molar-refractivity contribution in [1.29, 1.82) is 0 Å². The third-order valence-electron chi connectivity index (χ3n) is 2.14. The summed E-state index contributed by atoms with van der Waals surface area (Å²) in [6, 6.07) is 6.83. The number of hydrogen-bond donors (Lipinski definition) is 3. The van der Waals surface area contributed by atoms with Crippen LogP contribution in [0.1, 0.15) is 6.42 Å². The third-order valence-corrected chi connectivity index (χ3v) is 2.14. The molecule has 0 spiro atoms. The normalized spacial score (nSPS) is 9.67. The van der Waals surface area contributed by atoms with Gasteiger partial charge in [-0.15, -0.1) is 0 Å². The van der Waals surface area contributed by atoms with E-state index in [0.717, 1.165) is 0 Å². The van der Waals surface area contributed by atoms with E-state index in [2.05, 4.69) is 10.6 Å². The van der Waals surface area contributed by atoms with E-state index in [-0.39, 0.29) is 24.8 Å². The molecule has 0 radical (unpaired) electrons. The van der Waals surface area contributed by atoms with Crippen molar-refractivity contribution < 1.29 is 14.3 Å². The molecule has 1 aromatic rings. The topological polar surface area (TPSA) is 93.5 Å². The van der Waals surface area contributed by atoms with Gasteiger partial charge in [0.1, 0.15) is 5.75 Å². The Balaban J connectivity index is 2.56. The Hall–Kier alpha value is -2.08. The van der Waals surface area contributed by atoms with Crippen molar-refractivity contribution in [2.45, 2.75) is 6.42 Å². The summed E-state index contributed by atoms with van der Waals surface area (Å²) >= 11 is 0. The van der Waals surface area contributed by atoms with Crippen LogP contribution in [0.3, 0.4) is 0 Å². The molecule has 6 heteroatoms. The Labute approximate surface area is 105 Å². The van der Waals surface area contributed by atoms with Crippen molar-refractivity contribution in [3.05, 3.63) is 24.3 Å². The molecule has 98 valence electrons. The summed E-state index contributed by atoms with van der Waals surface area (Å²) in [7, 11) is 1.54. The molecule has 0 saturated carbocycles. The van der Waals surface area contributed by atoms with Crippen LogP contribution in [0, 0.1) is 0 Å². The number of anilines is 1. The molecule has 0 saturated heterocycles. The number of ether oxygens (including phenoxy) is 1. The van der Waals surface area contributed by atoms with E-state index in [9.17, 15) is 9.59 Å². The lowest BCUT2D eigenvalue weighted by Crippen LogP contribution is -2.24. The zero-order valence-corrected chi connectivity index (χ0v) is 10.2. The molecule has 2 amide bonds. The Morgan fingerprint density at radius 1 is 1.33 bits per heavy atom. The first-order chi connectivity index (χ1) is 8.65. The van der Waals surface area contributed by atoms with Crippen LogP contribution in [0.25, 0.3) is 0 Å². The van der Waals surface area contributed by atoms with Gasteiger partial charge in [-0.2, -0.15) is 0 Å². The number of carbonyl (C=O) groups is 2. The maximum Gasteiger partial charge on any atom is 0.257 e. The molecule has 1 aromatic carbocycles. The van der Waals surface area contributed by atoms with Crippen LogP contribution in [0.2, 0.25) is 0 Å². The van der Waals surface area contributed by atoms with E-state index in [1.54, 1.807) is 24.3 Å². The fourth-order valence-corrected chi connectivity index (χ4v) is 1.24. The number of nitrogens with two attached hydrogens (primary N) is 1. The van der Waals surface area contributed by atoms with E-state index < -0.39 is 0 Å². The zero-order chi connectivity index (χ0) is 13.4. The zero-order valence-electron chi connectivity index (χ0n) is 10.2. The van der Waals surface area contributed by atoms with Crippen LogP contribution in [0.4, 0.5) is 5.69 Å². The lowest BCUT2D eigenvalue weighted by atomic mass is 10.3. The number of nitrogens with one attached hydrogen (secondary N) is 2. The SMILES string of the molecule is CNC(=O)COc1cccc(NC(=O)CCN)c1. The van der Waals surface area contributed by atoms with Gasteiger partial charge in [0.25, 0.3) is 5.91 Å². The summed E-state index contributed by atoms with van der Waals surface area (Å²) in [5.74, 6) is 0.151. The summed E-state index contributed by atoms with van der Waals surface area (Å²) in [5, 5.41) is 5.14. The number of likely N-dealkylation sites (N-methyl/N-ethyl adjacent to an activating group) is 1. The first-order valence-corrected chi connectivity index (χ1v) is 5.59. The molecule has 0 aliphatic rings. The van der Waals surface area contributed by atoms with E-state index in [4.69, 9.17) is 10.5 Å². The maximum atomic E-state index is 11.3. The fraction of sp³-hybridized carbons (Fsp3) is 0.333. The molecule has 0 atom stereocenters. The Bertz CT molecular complexity index is 421.